The fraction of sp³-hybridized carbons (Fsp3) is 0.950. The molecule has 3 rings (SSSR count). The van der Waals surface area contributed by atoms with Gasteiger partial charge in [-0.15, -0.1) is 0 Å². The molecule has 0 spiro atoms. The summed E-state index contributed by atoms with van der Waals surface area (Å²) in [4.78, 5) is 6.37. The molecule has 2 saturated carbocycles. The minimum Gasteiger partial charge on any atom is -0.357 e. The van der Waals surface area contributed by atoms with Crippen molar-refractivity contribution in [1.29, 1.82) is 0 Å². The van der Waals surface area contributed by atoms with E-state index in [-0.39, 0.29) is 0 Å². The van der Waals surface area contributed by atoms with Gasteiger partial charge in [-0.2, -0.15) is 13.2 Å². The van der Waals surface area contributed by atoms with Gasteiger partial charge in [-0.05, 0) is 88.6 Å². The molecule has 4 nitrogen and oxygen atoms in total. The van der Waals surface area contributed by atoms with E-state index in [0.717, 1.165) is 62.6 Å². The Balaban J connectivity index is 1.35. The third-order valence-corrected chi connectivity index (χ3v) is 6.21. The van der Waals surface area contributed by atoms with E-state index in [9.17, 15) is 13.2 Å². The summed E-state index contributed by atoms with van der Waals surface area (Å²) in [6, 6.07) is 0. The van der Waals surface area contributed by atoms with Crippen molar-refractivity contribution in [1.82, 2.24) is 15.5 Å². The van der Waals surface area contributed by atoms with Crippen molar-refractivity contribution in [2.24, 2.45) is 28.7 Å². The van der Waals surface area contributed by atoms with Crippen LogP contribution in [0.15, 0.2) is 4.99 Å². The molecule has 0 aromatic heterocycles. The number of hydrogen-bond donors (Lipinski definition) is 2. The highest BCUT2D eigenvalue weighted by molar-refractivity contribution is 5.79. The first-order valence-electron chi connectivity index (χ1n) is 10.8. The van der Waals surface area contributed by atoms with Gasteiger partial charge in [-0.1, -0.05) is 0 Å². The van der Waals surface area contributed by atoms with Gasteiger partial charge in [-0.3, -0.25) is 9.89 Å². The Hall–Kier alpha value is -0.980. The monoisotopic (exact) mass is 388 g/mol. The van der Waals surface area contributed by atoms with E-state index in [4.69, 9.17) is 4.99 Å². The number of alkyl halides is 3. The Kier molecular flexibility index (Phi) is 7.29. The normalized spacial score (nSPS) is 23.1. The van der Waals surface area contributed by atoms with Crippen molar-refractivity contribution in [3.05, 3.63) is 0 Å². The highest BCUT2D eigenvalue weighted by Crippen LogP contribution is 2.49. The van der Waals surface area contributed by atoms with Crippen LogP contribution in [0.1, 0.15) is 51.9 Å². The molecule has 1 saturated heterocycles. The average molecular weight is 389 g/mol. The van der Waals surface area contributed by atoms with Crippen molar-refractivity contribution in [3.8, 4) is 0 Å². The van der Waals surface area contributed by atoms with E-state index < -0.39 is 12.7 Å². The molecule has 3 fully saturated rings. The molecule has 2 N–H and O–H groups in total. The lowest BCUT2D eigenvalue weighted by Gasteiger charge is -2.32. The summed E-state index contributed by atoms with van der Waals surface area (Å²) in [7, 11) is 0. The summed E-state index contributed by atoms with van der Waals surface area (Å²) in [5.41, 5.74) is 0. The second kappa shape index (κ2) is 9.48. The number of piperidine rings is 1. The highest BCUT2D eigenvalue weighted by atomic mass is 19.4. The van der Waals surface area contributed by atoms with Crippen LogP contribution in [0.25, 0.3) is 0 Å². The number of nitrogens with zero attached hydrogens (tertiary/aromatic N) is 2. The van der Waals surface area contributed by atoms with E-state index in [1.165, 1.54) is 30.6 Å². The van der Waals surface area contributed by atoms with Crippen molar-refractivity contribution >= 4 is 5.96 Å². The third kappa shape index (κ3) is 7.51. The highest BCUT2D eigenvalue weighted by Gasteiger charge is 2.41. The summed E-state index contributed by atoms with van der Waals surface area (Å²) in [6.45, 7) is 5.05. The maximum absolute atomic E-state index is 12.5. The SMILES string of the molecule is CCNC(=NCC(C1CC1)C1CC1)NCCC1CCN(CC(F)(F)F)CC1. The van der Waals surface area contributed by atoms with Gasteiger partial charge in [0.1, 0.15) is 0 Å². The molecule has 156 valence electrons. The third-order valence-electron chi connectivity index (χ3n) is 6.21. The molecule has 0 bridgehead atoms. The van der Waals surface area contributed by atoms with Crippen LogP contribution in [0.2, 0.25) is 0 Å². The number of rotatable bonds is 9. The molecular weight excluding hydrogens is 353 g/mol. The lowest BCUT2D eigenvalue weighted by atomic mass is 9.93. The van der Waals surface area contributed by atoms with Crippen LogP contribution in [0.3, 0.4) is 0 Å². The van der Waals surface area contributed by atoms with Gasteiger partial charge in [0, 0.05) is 19.6 Å². The first-order valence-corrected chi connectivity index (χ1v) is 10.8. The summed E-state index contributed by atoms with van der Waals surface area (Å²) in [5, 5.41) is 6.77. The number of hydrogen-bond acceptors (Lipinski definition) is 2. The lowest BCUT2D eigenvalue weighted by molar-refractivity contribution is -0.148. The van der Waals surface area contributed by atoms with Crippen molar-refractivity contribution in [2.75, 3.05) is 39.3 Å². The topological polar surface area (TPSA) is 39.7 Å². The average Bonchev–Trinajstić information content (AvgIpc) is 3.49. The van der Waals surface area contributed by atoms with Gasteiger partial charge in [0.2, 0.25) is 0 Å². The Bertz CT molecular complexity index is 466. The van der Waals surface area contributed by atoms with Crippen molar-refractivity contribution in [3.63, 3.8) is 0 Å². The summed E-state index contributed by atoms with van der Waals surface area (Å²) in [6.07, 6.45) is 4.17. The van der Waals surface area contributed by atoms with Gasteiger partial charge in [0.05, 0.1) is 6.54 Å². The van der Waals surface area contributed by atoms with Gasteiger partial charge >= 0.3 is 6.18 Å². The summed E-state index contributed by atoms with van der Waals surface area (Å²) in [5.74, 6) is 4.00. The second-order valence-electron chi connectivity index (χ2n) is 8.61. The molecule has 1 aliphatic heterocycles. The van der Waals surface area contributed by atoms with Gasteiger partial charge in [-0.25, -0.2) is 0 Å². The molecule has 27 heavy (non-hydrogen) atoms. The maximum atomic E-state index is 12.5. The molecule has 0 radical (unpaired) electrons. The van der Waals surface area contributed by atoms with Gasteiger partial charge in [0.15, 0.2) is 5.96 Å². The molecule has 7 heteroatoms. The van der Waals surface area contributed by atoms with Crippen LogP contribution in [0, 0.1) is 23.7 Å². The number of nitrogens with one attached hydrogen (secondary N) is 2. The predicted octanol–water partition coefficient (Wildman–Crippen LogP) is 3.64. The van der Waals surface area contributed by atoms with Gasteiger partial charge < -0.3 is 10.6 Å². The van der Waals surface area contributed by atoms with Crippen LogP contribution < -0.4 is 10.6 Å². The van der Waals surface area contributed by atoms with Crippen LogP contribution >= 0.6 is 0 Å². The van der Waals surface area contributed by atoms with E-state index in [1.807, 2.05) is 0 Å². The second-order valence-corrected chi connectivity index (χ2v) is 8.61. The maximum Gasteiger partial charge on any atom is 0.401 e. The minimum atomic E-state index is -4.08. The number of guanidine groups is 1. The molecule has 1 heterocycles. The zero-order valence-corrected chi connectivity index (χ0v) is 16.5. The Morgan fingerprint density at radius 2 is 1.67 bits per heavy atom. The molecule has 2 aliphatic carbocycles. The molecular formula is C20H35F3N4. The lowest BCUT2D eigenvalue weighted by Crippen LogP contribution is -2.41. The van der Waals surface area contributed by atoms with Crippen molar-refractivity contribution in [2.45, 2.75) is 58.0 Å². The fourth-order valence-corrected chi connectivity index (χ4v) is 4.35. The predicted molar refractivity (Wildman–Crippen MR) is 103 cm³/mol. The largest absolute Gasteiger partial charge is 0.401 e. The molecule has 3 aliphatic rings. The summed E-state index contributed by atoms with van der Waals surface area (Å²) >= 11 is 0. The van der Waals surface area contributed by atoms with E-state index in [2.05, 4.69) is 17.6 Å². The van der Waals surface area contributed by atoms with E-state index >= 15 is 0 Å². The van der Waals surface area contributed by atoms with E-state index in [0.29, 0.717) is 19.0 Å². The molecule has 0 atom stereocenters. The zero-order chi connectivity index (χ0) is 19.3. The van der Waals surface area contributed by atoms with Crippen LogP contribution in [-0.2, 0) is 0 Å². The Morgan fingerprint density at radius 3 is 2.19 bits per heavy atom. The minimum absolute atomic E-state index is 0.510. The molecule has 0 aromatic carbocycles. The Labute approximate surface area is 161 Å². The fourth-order valence-electron chi connectivity index (χ4n) is 4.35. The van der Waals surface area contributed by atoms with Crippen molar-refractivity contribution < 1.29 is 13.2 Å². The number of likely N-dealkylation sites (tertiary alicyclic amines) is 1. The molecule has 0 amide bonds. The standard InChI is InChI=1S/C20H35F3N4/c1-2-24-19(26-13-18(16-3-4-16)17-5-6-17)25-10-7-15-8-11-27(12-9-15)14-20(21,22)23/h15-18H,2-14H2,1H3,(H2,24,25,26). The van der Waals surface area contributed by atoms with Crippen LogP contribution in [0.5, 0.6) is 0 Å². The number of aliphatic imine (C=N–C) groups is 1. The number of halogens is 3. The van der Waals surface area contributed by atoms with Crippen LogP contribution in [0.4, 0.5) is 13.2 Å². The molecule has 0 aromatic rings. The first kappa shape index (κ1) is 20.7. The van der Waals surface area contributed by atoms with Gasteiger partial charge in [0.25, 0.3) is 0 Å². The zero-order valence-electron chi connectivity index (χ0n) is 16.5. The van der Waals surface area contributed by atoms with E-state index in [1.54, 1.807) is 0 Å². The molecule has 0 unspecified atom stereocenters. The Morgan fingerprint density at radius 1 is 1.04 bits per heavy atom. The first-order chi connectivity index (χ1) is 12.9. The quantitative estimate of drug-likeness (QED) is 0.468. The summed E-state index contributed by atoms with van der Waals surface area (Å²) < 4.78 is 37.4. The smallest absolute Gasteiger partial charge is 0.357 e. The van der Waals surface area contributed by atoms with Crippen LogP contribution in [-0.4, -0.2) is 56.3 Å².